The summed E-state index contributed by atoms with van der Waals surface area (Å²) in [5.74, 6) is 1.28. The van der Waals surface area contributed by atoms with Gasteiger partial charge in [0.1, 0.15) is 11.0 Å². The van der Waals surface area contributed by atoms with Gasteiger partial charge in [-0.15, -0.1) is 11.3 Å². The van der Waals surface area contributed by atoms with Crippen LogP contribution in [0.15, 0.2) is 60.4 Å². The zero-order chi connectivity index (χ0) is 25.9. The van der Waals surface area contributed by atoms with Gasteiger partial charge in [-0.1, -0.05) is 39.3 Å². The summed E-state index contributed by atoms with van der Waals surface area (Å²) in [6.45, 7) is 8.95. The predicted molar refractivity (Wildman–Crippen MR) is 154 cm³/mol. The molecule has 5 nitrogen and oxygen atoms in total. The molecule has 192 valence electrons. The van der Waals surface area contributed by atoms with Gasteiger partial charge in [0.15, 0.2) is 6.29 Å². The van der Waals surface area contributed by atoms with Crippen molar-refractivity contribution in [2.24, 2.45) is 11.8 Å². The summed E-state index contributed by atoms with van der Waals surface area (Å²) >= 11 is 1.60. The highest BCUT2D eigenvalue weighted by atomic mass is 32.1. The Balaban J connectivity index is 1.48. The lowest BCUT2D eigenvalue weighted by atomic mass is 9.81. The van der Waals surface area contributed by atoms with E-state index in [2.05, 4.69) is 73.1 Å². The van der Waals surface area contributed by atoms with E-state index >= 15 is 0 Å². The van der Waals surface area contributed by atoms with Gasteiger partial charge in [-0.2, -0.15) is 5.10 Å². The summed E-state index contributed by atoms with van der Waals surface area (Å²) in [7, 11) is 2.21. The number of likely N-dealkylation sites (N-methyl/N-ethyl adjacent to an activating group) is 1. The smallest absolute Gasteiger partial charge is 0.160 e. The fraction of sp³-hybridized carbons (Fsp3) is 0.387. The Morgan fingerprint density at radius 1 is 1.11 bits per heavy atom. The van der Waals surface area contributed by atoms with Crippen LogP contribution in [0.5, 0.6) is 0 Å². The van der Waals surface area contributed by atoms with Crippen LogP contribution in [0, 0.1) is 11.8 Å². The topological polar surface area (TPSA) is 51.0 Å². The van der Waals surface area contributed by atoms with E-state index in [1.807, 2.05) is 23.0 Å². The number of rotatable bonds is 9. The molecule has 0 amide bonds. The molecule has 0 bridgehead atoms. The number of pyridine rings is 1. The third kappa shape index (κ3) is 5.46. The minimum absolute atomic E-state index is 0.571. The normalized spacial score (nSPS) is 15.6. The van der Waals surface area contributed by atoms with Crippen LogP contribution in [0.4, 0.5) is 0 Å². The van der Waals surface area contributed by atoms with E-state index in [1.165, 1.54) is 18.4 Å². The van der Waals surface area contributed by atoms with Crippen LogP contribution in [-0.4, -0.2) is 46.1 Å². The van der Waals surface area contributed by atoms with E-state index in [1.54, 1.807) is 23.1 Å². The highest BCUT2D eigenvalue weighted by Gasteiger charge is 2.26. The summed E-state index contributed by atoms with van der Waals surface area (Å²) < 4.78 is 1.87. The lowest BCUT2D eigenvalue weighted by molar-refractivity contribution is 0.112. The first-order chi connectivity index (χ1) is 18.0. The Morgan fingerprint density at radius 3 is 2.62 bits per heavy atom. The molecule has 0 aliphatic carbocycles. The second-order valence-electron chi connectivity index (χ2n) is 10.6. The molecule has 0 saturated carbocycles. The van der Waals surface area contributed by atoms with Crippen molar-refractivity contribution in [3.8, 4) is 16.1 Å². The maximum absolute atomic E-state index is 12.2. The number of carbonyl (C=O) groups is 1. The molecule has 0 N–H and O–H groups in total. The second-order valence-corrected chi connectivity index (χ2v) is 11.7. The quantitative estimate of drug-likeness (QED) is 0.218. The van der Waals surface area contributed by atoms with E-state index in [-0.39, 0.29) is 0 Å². The molecule has 37 heavy (non-hydrogen) atoms. The molecule has 1 aliphatic rings. The largest absolute Gasteiger partial charge is 0.302 e. The second kappa shape index (κ2) is 11.1. The van der Waals surface area contributed by atoms with Crippen molar-refractivity contribution >= 4 is 34.2 Å². The molecule has 0 radical (unpaired) electrons. The number of aromatic nitrogens is 3. The number of nitrogens with zero attached hydrogens (tertiary/aromatic N) is 4. The number of aldehydes is 1. The van der Waals surface area contributed by atoms with Gasteiger partial charge in [0.25, 0.3) is 0 Å². The van der Waals surface area contributed by atoms with Crippen molar-refractivity contribution < 1.29 is 4.79 Å². The number of benzene rings is 1. The molecule has 1 atom stereocenters. The summed E-state index contributed by atoms with van der Waals surface area (Å²) in [6, 6.07) is 14.5. The molecule has 1 aliphatic heterocycles. The first kappa shape index (κ1) is 25.6. The number of carbonyl (C=O) groups excluding carboxylic acids is 1. The van der Waals surface area contributed by atoms with Crippen molar-refractivity contribution in [3.05, 3.63) is 70.9 Å². The first-order valence-electron chi connectivity index (χ1n) is 13.4. The van der Waals surface area contributed by atoms with Gasteiger partial charge < -0.3 is 4.90 Å². The lowest BCUT2D eigenvalue weighted by Crippen LogP contribution is -2.30. The van der Waals surface area contributed by atoms with Crippen LogP contribution in [0.25, 0.3) is 32.7 Å². The maximum Gasteiger partial charge on any atom is 0.160 e. The first-order valence-corrected chi connectivity index (χ1v) is 14.2. The third-order valence-corrected chi connectivity index (χ3v) is 8.64. The fourth-order valence-electron chi connectivity index (χ4n) is 5.41. The molecule has 0 saturated heterocycles. The van der Waals surface area contributed by atoms with Gasteiger partial charge in [-0.05, 0) is 90.8 Å². The van der Waals surface area contributed by atoms with Crippen molar-refractivity contribution in [1.82, 2.24) is 19.7 Å². The van der Waals surface area contributed by atoms with Crippen molar-refractivity contribution in [2.45, 2.75) is 46.5 Å². The van der Waals surface area contributed by atoms with E-state index in [0.29, 0.717) is 11.8 Å². The van der Waals surface area contributed by atoms with E-state index in [0.717, 1.165) is 69.8 Å². The molecule has 3 aromatic heterocycles. The van der Waals surface area contributed by atoms with Crippen LogP contribution >= 0.6 is 11.3 Å². The number of thiophene rings is 1. The molecule has 1 aromatic carbocycles. The molecular weight excluding hydrogens is 476 g/mol. The highest BCUT2D eigenvalue weighted by molar-refractivity contribution is 7.17. The van der Waals surface area contributed by atoms with Crippen LogP contribution in [0.3, 0.4) is 0 Å². The maximum atomic E-state index is 12.2. The zero-order valence-corrected chi connectivity index (χ0v) is 23.1. The van der Waals surface area contributed by atoms with Crippen molar-refractivity contribution in [3.63, 3.8) is 0 Å². The molecule has 5 rings (SSSR count). The molecule has 6 heteroatoms. The summed E-state index contributed by atoms with van der Waals surface area (Å²) in [5.41, 5.74) is 7.97. The molecule has 1 unspecified atom stereocenters. The Labute approximate surface area is 223 Å². The SMILES string of the molecule is CCC(CCC(C)C)C1=C(c2cc(-c3ccc(-n4cc5ncccc5n4)cc3)sc2C=O)CCN(C)C1. The third-order valence-electron chi connectivity index (χ3n) is 7.54. The molecule has 0 fully saturated rings. The van der Waals surface area contributed by atoms with Crippen molar-refractivity contribution in [1.29, 1.82) is 0 Å². The van der Waals surface area contributed by atoms with E-state index in [4.69, 9.17) is 0 Å². The summed E-state index contributed by atoms with van der Waals surface area (Å²) in [4.78, 5) is 21.0. The Bertz CT molecular complexity index is 1380. The van der Waals surface area contributed by atoms with Crippen LogP contribution in [0.1, 0.15) is 61.7 Å². The Kier molecular flexibility index (Phi) is 7.68. The van der Waals surface area contributed by atoms with Gasteiger partial charge in [0.05, 0.1) is 16.8 Å². The van der Waals surface area contributed by atoms with Crippen LogP contribution in [-0.2, 0) is 0 Å². The van der Waals surface area contributed by atoms with Gasteiger partial charge >= 0.3 is 0 Å². The number of fused-ring (bicyclic) bond motifs is 1. The number of hydrogen-bond acceptors (Lipinski definition) is 5. The minimum Gasteiger partial charge on any atom is -0.302 e. The Morgan fingerprint density at radius 2 is 1.92 bits per heavy atom. The predicted octanol–water partition coefficient (Wildman–Crippen LogP) is 7.51. The van der Waals surface area contributed by atoms with Crippen molar-refractivity contribution in [2.75, 3.05) is 20.1 Å². The summed E-state index contributed by atoms with van der Waals surface area (Å²) in [6.07, 6.45) is 9.39. The number of hydrogen-bond donors (Lipinski definition) is 0. The van der Waals surface area contributed by atoms with E-state index < -0.39 is 0 Å². The molecule has 4 aromatic rings. The zero-order valence-electron chi connectivity index (χ0n) is 22.3. The molecule has 4 heterocycles. The lowest BCUT2D eigenvalue weighted by Gasteiger charge is -2.33. The van der Waals surface area contributed by atoms with Gasteiger partial charge in [0, 0.05) is 24.2 Å². The Hall–Kier alpha value is -3.09. The monoisotopic (exact) mass is 512 g/mol. The van der Waals surface area contributed by atoms with Gasteiger partial charge in [-0.3, -0.25) is 9.78 Å². The van der Waals surface area contributed by atoms with E-state index in [9.17, 15) is 4.79 Å². The standard InChI is InChI=1S/C31H36N4OS/c1-5-22(9-8-21(2)3)27-18-34(4)16-14-25(27)26-17-30(37-31(26)20-36)23-10-12-24(13-11-23)35-19-29-28(33-35)7-6-15-32-29/h6-7,10-13,15,17,19-22H,5,8-9,14,16,18H2,1-4H3. The van der Waals surface area contributed by atoms with Gasteiger partial charge in [0.2, 0.25) is 0 Å². The average Bonchev–Trinajstić information content (AvgIpc) is 3.54. The average molecular weight is 513 g/mol. The molecular formula is C31H36N4OS. The van der Waals surface area contributed by atoms with Crippen LogP contribution in [0.2, 0.25) is 0 Å². The minimum atomic E-state index is 0.571. The highest BCUT2D eigenvalue weighted by Crippen LogP contribution is 2.41. The van der Waals surface area contributed by atoms with Crippen LogP contribution < -0.4 is 0 Å². The fourth-order valence-corrected chi connectivity index (χ4v) is 6.41. The summed E-state index contributed by atoms with van der Waals surface area (Å²) in [5, 5.41) is 4.64. The van der Waals surface area contributed by atoms with Gasteiger partial charge in [-0.25, -0.2) is 4.68 Å². The molecule has 0 spiro atoms.